The zero-order valence-electron chi connectivity index (χ0n) is 18.8. The van der Waals surface area contributed by atoms with Crippen LogP contribution in [0.15, 0.2) is 30.3 Å². The topological polar surface area (TPSA) is 103 Å². The number of nitrogens with zero attached hydrogens (tertiary/aromatic N) is 3. The number of benzene rings is 1. The number of aryl methyl sites for hydroxylation is 1. The number of carbonyl (C=O) groups excluding carboxylic acids is 1. The molecule has 9 heteroatoms. The van der Waals surface area contributed by atoms with Crippen molar-refractivity contribution in [2.75, 3.05) is 25.2 Å². The lowest BCUT2D eigenvalue weighted by atomic mass is 10.0. The summed E-state index contributed by atoms with van der Waals surface area (Å²) in [6.07, 6.45) is 0.485. The molecule has 0 saturated carbocycles. The molecule has 1 fully saturated rings. The van der Waals surface area contributed by atoms with Crippen LogP contribution in [0.4, 0.5) is 0 Å². The molecule has 0 bridgehead atoms. The molecule has 1 saturated heterocycles. The van der Waals surface area contributed by atoms with Crippen molar-refractivity contribution in [3.8, 4) is 17.0 Å². The number of hydrogen-bond acceptors (Lipinski definition) is 6. The molecule has 0 spiro atoms. The third kappa shape index (κ3) is 4.34. The van der Waals surface area contributed by atoms with Gasteiger partial charge < -0.3 is 10.1 Å². The number of hydrogen-bond donors (Lipinski definition) is 1. The number of rotatable bonds is 6. The van der Waals surface area contributed by atoms with Gasteiger partial charge in [-0.3, -0.25) is 4.79 Å². The molecule has 0 radical (unpaired) electrons. The van der Waals surface area contributed by atoms with Gasteiger partial charge in [0.25, 0.3) is 5.91 Å². The smallest absolute Gasteiger partial charge is 0.252 e. The average Bonchev–Trinajstić information content (AvgIpc) is 3.30. The number of fused-ring (bicyclic) bond motifs is 1. The Labute approximate surface area is 187 Å². The summed E-state index contributed by atoms with van der Waals surface area (Å²) in [5.41, 5.74) is 3.07. The van der Waals surface area contributed by atoms with E-state index in [1.54, 1.807) is 17.9 Å². The van der Waals surface area contributed by atoms with E-state index in [0.717, 1.165) is 5.56 Å². The van der Waals surface area contributed by atoms with E-state index in [4.69, 9.17) is 9.72 Å². The van der Waals surface area contributed by atoms with E-state index in [1.165, 1.54) is 0 Å². The summed E-state index contributed by atoms with van der Waals surface area (Å²) >= 11 is 0. The minimum atomic E-state index is -3.10. The Kier molecular flexibility index (Phi) is 5.94. The Morgan fingerprint density at radius 2 is 2.09 bits per heavy atom. The predicted molar refractivity (Wildman–Crippen MR) is 124 cm³/mol. The van der Waals surface area contributed by atoms with Crippen molar-refractivity contribution in [3.05, 3.63) is 41.6 Å². The maximum atomic E-state index is 13.2. The van der Waals surface area contributed by atoms with Crippen LogP contribution in [0.2, 0.25) is 0 Å². The van der Waals surface area contributed by atoms with Crippen LogP contribution in [0.5, 0.6) is 5.75 Å². The molecule has 1 atom stereocenters. The Balaban J connectivity index is 1.91. The van der Waals surface area contributed by atoms with Crippen molar-refractivity contribution in [2.24, 2.45) is 5.92 Å². The fraction of sp³-hybridized carbons (Fsp3) is 0.435. The second-order valence-electron chi connectivity index (χ2n) is 8.68. The molecule has 3 aromatic rings. The number of aromatic nitrogens is 3. The largest absolute Gasteiger partial charge is 0.497 e. The molecular weight excluding hydrogens is 428 g/mol. The third-order valence-electron chi connectivity index (χ3n) is 5.67. The Hall–Kier alpha value is -2.94. The van der Waals surface area contributed by atoms with Crippen LogP contribution in [-0.4, -0.2) is 54.2 Å². The first kappa shape index (κ1) is 22.3. The Bertz CT molecular complexity index is 1280. The van der Waals surface area contributed by atoms with Crippen LogP contribution in [0.1, 0.15) is 42.4 Å². The fourth-order valence-corrected chi connectivity index (χ4v) is 5.73. The molecule has 2 aromatic heterocycles. The van der Waals surface area contributed by atoms with Gasteiger partial charge >= 0.3 is 0 Å². The maximum absolute atomic E-state index is 13.2. The highest BCUT2D eigenvalue weighted by atomic mass is 32.2. The molecule has 1 aliphatic heterocycles. The van der Waals surface area contributed by atoms with E-state index in [9.17, 15) is 13.2 Å². The van der Waals surface area contributed by atoms with Crippen LogP contribution >= 0.6 is 0 Å². The lowest BCUT2D eigenvalue weighted by Gasteiger charge is -2.13. The normalized spacial score (nSPS) is 17.7. The van der Waals surface area contributed by atoms with Crippen LogP contribution < -0.4 is 10.1 Å². The van der Waals surface area contributed by atoms with E-state index in [1.807, 2.05) is 45.0 Å². The van der Waals surface area contributed by atoms with E-state index < -0.39 is 9.84 Å². The number of carbonyl (C=O) groups is 1. The van der Waals surface area contributed by atoms with Gasteiger partial charge in [-0.05, 0) is 37.5 Å². The van der Waals surface area contributed by atoms with E-state index in [2.05, 4.69) is 10.4 Å². The van der Waals surface area contributed by atoms with Crippen LogP contribution in [0, 0.1) is 12.8 Å². The van der Waals surface area contributed by atoms with Crippen LogP contribution in [-0.2, 0) is 9.84 Å². The van der Waals surface area contributed by atoms with Crippen molar-refractivity contribution in [1.82, 2.24) is 20.1 Å². The number of nitrogens with one attached hydrogen (secondary N) is 1. The van der Waals surface area contributed by atoms with Gasteiger partial charge in [-0.25, -0.2) is 18.1 Å². The molecule has 1 N–H and O–H groups in total. The minimum absolute atomic E-state index is 0.0309. The zero-order chi connectivity index (χ0) is 23.0. The summed E-state index contributed by atoms with van der Waals surface area (Å²) in [5, 5.41) is 8.27. The van der Waals surface area contributed by atoms with Crippen LogP contribution in [0.25, 0.3) is 22.3 Å². The third-order valence-corrected chi connectivity index (χ3v) is 7.42. The SMILES string of the molecule is COc1cccc(-c2cc(C(=O)NCC(C)C)c3c(C)nn(C4CCS(=O)(=O)C4)c3n2)c1. The van der Waals surface area contributed by atoms with Crippen molar-refractivity contribution in [1.29, 1.82) is 0 Å². The molecule has 3 heterocycles. The summed E-state index contributed by atoms with van der Waals surface area (Å²) in [5.74, 6) is 0.957. The number of amides is 1. The molecular formula is C23H28N4O4S. The van der Waals surface area contributed by atoms with Crippen molar-refractivity contribution >= 4 is 26.8 Å². The van der Waals surface area contributed by atoms with Gasteiger partial charge in [-0.1, -0.05) is 26.0 Å². The highest BCUT2D eigenvalue weighted by Gasteiger charge is 2.32. The first-order valence-electron chi connectivity index (χ1n) is 10.7. The van der Waals surface area contributed by atoms with E-state index in [0.29, 0.717) is 52.6 Å². The standard InChI is InChI=1S/C23H28N4O4S/c1-14(2)12-24-23(28)19-11-20(16-6-5-7-18(10-16)31-4)25-22-21(19)15(3)26-27(22)17-8-9-32(29,30)13-17/h5-7,10-11,14,17H,8-9,12-13H2,1-4H3,(H,24,28). The Morgan fingerprint density at radius 1 is 1.31 bits per heavy atom. The summed E-state index contributed by atoms with van der Waals surface area (Å²) in [4.78, 5) is 18.0. The molecule has 4 rings (SSSR count). The first-order valence-corrected chi connectivity index (χ1v) is 12.5. The van der Waals surface area contributed by atoms with Gasteiger partial charge in [0, 0.05) is 12.1 Å². The van der Waals surface area contributed by atoms with Crippen molar-refractivity contribution < 1.29 is 17.9 Å². The lowest BCUT2D eigenvalue weighted by molar-refractivity contribution is 0.0950. The number of methoxy groups -OCH3 is 1. The minimum Gasteiger partial charge on any atom is -0.497 e. The fourth-order valence-electron chi connectivity index (χ4n) is 4.04. The molecule has 0 aliphatic carbocycles. The molecule has 1 unspecified atom stereocenters. The number of sulfone groups is 1. The summed E-state index contributed by atoms with van der Waals surface area (Å²) < 4.78 is 31.2. The zero-order valence-corrected chi connectivity index (χ0v) is 19.6. The Morgan fingerprint density at radius 3 is 2.75 bits per heavy atom. The van der Waals surface area contributed by atoms with Gasteiger partial charge in [-0.2, -0.15) is 5.10 Å². The van der Waals surface area contributed by atoms with Crippen molar-refractivity contribution in [3.63, 3.8) is 0 Å². The molecule has 32 heavy (non-hydrogen) atoms. The van der Waals surface area contributed by atoms with Gasteiger partial charge in [0.15, 0.2) is 15.5 Å². The van der Waals surface area contributed by atoms with E-state index >= 15 is 0 Å². The molecule has 1 aliphatic rings. The van der Waals surface area contributed by atoms with Gasteiger partial charge in [-0.15, -0.1) is 0 Å². The highest BCUT2D eigenvalue weighted by molar-refractivity contribution is 7.91. The number of ether oxygens (including phenoxy) is 1. The van der Waals surface area contributed by atoms with Gasteiger partial charge in [0.2, 0.25) is 0 Å². The summed E-state index contributed by atoms with van der Waals surface area (Å²) in [7, 11) is -1.51. The quantitative estimate of drug-likeness (QED) is 0.611. The summed E-state index contributed by atoms with van der Waals surface area (Å²) in [6, 6.07) is 8.95. The predicted octanol–water partition coefficient (Wildman–Crippen LogP) is 3.16. The molecule has 170 valence electrons. The highest BCUT2D eigenvalue weighted by Crippen LogP contribution is 2.32. The van der Waals surface area contributed by atoms with E-state index in [-0.39, 0.29) is 23.5 Å². The second kappa shape index (κ2) is 8.54. The van der Waals surface area contributed by atoms with Gasteiger partial charge in [0.1, 0.15) is 5.75 Å². The average molecular weight is 457 g/mol. The summed E-state index contributed by atoms with van der Waals surface area (Å²) in [6.45, 7) is 6.45. The van der Waals surface area contributed by atoms with Crippen molar-refractivity contribution in [2.45, 2.75) is 33.2 Å². The molecule has 1 aromatic carbocycles. The second-order valence-corrected chi connectivity index (χ2v) is 10.9. The maximum Gasteiger partial charge on any atom is 0.252 e. The number of pyridine rings is 1. The first-order chi connectivity index (χ1) is 15.2. The molecule has 1 amide bonds. The van der Waals surface area contributed by atoms with Gasteiger partial charge in [0.05, 0.1) is 47.0 Å². The molecule has 8 nitrogen and oxygen atoms in total. The monoisotopic (exact) mass is 456 g/mol. The van der Waals surface area contributed by atoms with Crippen LogP contribution in [0.3, 0.4) is 0 Å². The lowest BCUT2D eigenvalue weighted by Crippen LogP contribution is -2.27.